The normalized spacial score (nSPS) is 18.5. The van der Waals surface area contributed by atoms with Crippen LogP contribution in [-0.4, -0.2) is 37.0 Å². The van der Waals surface area contributed by atoms with Gasteiger partial charge in [0, 0.05) is 43.6 Å². The van der Waals surface area contributed by atoms with Crippen molar-refractivity contribution >= 4 is 22.9 Å². The number of para-hydroxylation sites is 1. The molecule has 0 atom stereocenters. The lowest BCUT2D eigenvalue weighted by Crippen LogP contribution is -2.44. The SMILES string of the molecule is O=C1Nc2ccc(F)cc2/C1=C\N1CCN(c2ccccc2F)CC1. The molecular formula is C19H17F2N3O. The van der Waals surface area contributed by atoms with Crippen LogP contribution in [0.3, 0.4) is 0 Å². The summed E-state index contributed by atoms with van der Waals surface area (Å²) in [4.78, 5) is 16.2. The molecule has 0 radical (unpaired) electrons. The maximum atomic E-state index is 13.9. The van der Waals surface area contributed by atoms with Crippen LogP contribution < -0.4 is 10.2 Å². The van der Waals surface area contributed by atoms with Crippen LogP contribution in [-0.2, 0) is 4.79 Å². The molecule has 0 spiro atoms. The van der Waals surface area contributed by atoms with Gasteiger partial charge in [-0.15, -0.1) is 0 Å². The third-order valence-electron chi connectivity index (χ3n) is 4.58. The largest absolute Gasteiger partial charge is 0.373 e. The van der Waals surface area contributed by atoms with E-state index in [2.05, 4.69) is 5.32 Å². The highest BCUT2D eigenvalue weighted by atomic mass is 19.1. The molecule has 1 fully saturated rings. The highest BCUT2D eigenvalue weighted by Crippen LogP contribution is 2.32. The van der Waals surface area contributed by atoms with E-state index in [4.69, 9.17) is 0 Å². The van der Waals surface area contributed by atoms with Gasteiger partial charge in [0.15, 0.2) is 0 Å². The minimum atomic E-state index is -0.370. The van der Waals surface area contributed by atoms with Crippen LogP contribution in [0.2, 0.25) is 0 Å². The summed E-state index contributed by atoms with van der Waals surface area (Å²) in [5.41, 5.74) is 2.28. The fourth-order valence-corrected chi connectivity index (χ4v) is 3.27. The molecule has 0 saturated carbocycles. The number of anilines is 2. The minimum Gasteiger partial charge on any atom is -0.373 e. The summed E-state index contributed by atoms with van der Waals surface area (Å²) >= 11 is 0. The Labute approximate surface area is 144 Å². The molecule has 2 heterocycles. The van der Waals surface area contributed by atoms with Crippen LogP contribution in [0.5, 0.6) is 0 Å². The smallest absolute Gasteiger partial charge is 0.257 e. The van der Waals surface area contributed by atoms with Gasteiger partial charge >= 0.3 is 0 Å². The molecule has 25 heavy (non-hydrogen) atoms. The molecule has 1 amide bonds. The Bertz CT molecular complexity index is 857. The van der Waals surface area contributed by atoms with E-state index in [1.54, 1.807) is 24.4 Å². The average Bonchev–Trinajstić information content (AvgIpc) is 2.91. The minimum absolute atomic E-state index is 0.225. The Hall–Kier alpha value is -2.89. The van der Waals surface area contributed by atoms with Crippen LogP contribution >= 0.6 is 0 Å². The number of rotatable bonds is 2. The predicted molar refractivity (Wildman–Crippen MR) is 93.2 cm³/mol. The zero-order chi connectivity index (χ0) is 17.4. The fraction of sp³-hybridized carbons (Fsp3) is 0.211. The lowest BCUT2D eigenvalue weighted by atomic mass is 10.1. The van der Waals surface area contributed by atoms with E-state index in [1.165, 1.54) is 18.2 Å². The molecule has 1 saturated heterocycles. The first-order chi connectivity index (χ1) is 12.1. The lowest BCUT2D eigenvalue weighted by Gasteiger charge is -2.35. The van der Waals surface area contributed by atoms with Gasteiger partial charge in [-0.05, 0) is 30.3 Å². The van der Waals surface area contributed by atoms with E-state index >= 15 is 0 Å². The van der Waals surface area contributed by atoms with Gasteiger partial charge in [0.05, 0.1) is 11.3 Å². The first kappa shape index (κ1) is 15.6. The molecule has 2 aromatic rings. The summed E-state index contributed by atoms with van der Waals surface area (Å²) < 4.78 is 27.4. The molecule has 0 unspecified atom stereocenters. The summed E-state index contributed by atoms with van der Waals surface area (Å²) in [6.07, 6.45) is 1.78. The Morgan fingerprint density at radius 3 is 2.52 bits per heavy atom. The number of nitrogens with zero attached hydrogens (tertiary/aromatic N) is 2. The molecule has 4 nitrogen and oxygen atoms in total. The van der Waals surface area contributed by atoms with Gasteiger partial charge in [-0.2, -0.15) is 0 Å². The van der Waals surface area contributed by atoms with E-state index in [9.17, 15) is 13.6 Å². The number of halogens is 2. The highest BCUT2D eigenvalue weighted by molar-refractivity contribution is 6.31. The average molecular weight is 341 g/mol. The molecule has 2 aliphatic heterocycles. The fourth-order valence-electron chi connectivity index (χ4n) is 3.27. The second-order valence-electron chi connectivity index (χ2n) is 6.16. The van der Waals surface area contributed by atoms with Gasteiger partial charge in [0.25, 0.3) is 5.91 Å². The number of fused-ring (bicyclic) bond motifs is 1. The molecule has 0 aromatic heterocycles. The van der Waals surface area contributed by atoms with Crippen LogP contribution in [0.15, 0.2) is 48.7 Å². The molecule has 6 heteroatoms. The van der Waals surface area contributed by atoms with E-state index in [-0.39, 0.29) is 17.5 Å². The first-order valence-corrected chi connectivity index (χ1v) is 8.18. The summed E-state index contributed by atoms with van der Waals surface area (Å²) in [6, 6.07) is 11.0. The number of nitrogens with one attached hydrogen (secondary N) is 1. The number of carbonyl (C=O) groups excluding carboxylic acids is 1. The molecule has 2 aromatic carbocycles. The van der Waals surface area contributed by atoms with Gasteiger partial charge in [-0.3, -0.25) is 4.79 Å². The van der Waals surface area contributed by atoms with Gasteiger partial charge in [0.2, 0.25) is 0 Å². The third kappa shape index (κ3) is 2.95. The van der Waals surface area contributed by atoms with Gasteiger partial charge in [-0.25, -0.2) is 8.78 Å². The van der Waals surface area contributed by atoms with Crippen LogP contribution in [0.25, 0.3) is 5.57 Å². The van der Waals surface area contributed by atoms with Crippen molar-refractivity contribution in [1.82, 2.24) is 4.90 Å². The van der Waals surface area contributed by atoms with Gasteiger partial charge in [-0.1, -0.05) is 12.1 Å². The monoisotopic (exact) mass is 341 g/mol. The van der Waals surface area contributed by atoms with Crippen molar-refractivity contribution < 1.29 is 13.6 Å². The Morgan fingerprint density at radius 2 is 1.76 bits per heavy atom. The topological polar surface area (TPSA) is 35.6 Å². The Kier molecular flexibility index (Phi) is 3.87. The van der Waals surface area contributed by atoms with Crippen molar-refractivity contribution in [1.29, 1.82) is 0 Å². The third-order valence-corrected chi connectivity index (χ3v) is 4.58. The summed E-state index contributed by atoms with van der Waals surface area (Å²) in [5.74, 6) is -0.823. The number of piperazine rings is 1. The van der Waals surface area contributed by atoms with Gasteiger partial charge in [0.1, 0.15) is 11.6 Å². The second-order valence-corrected chi connectivity index (χ2v) is 6.16. The van der Waals surface area contributed by atoms with Crippen molar-refractivity contribution in [2.45, 2.75) is 0 Å². The first-order valence-electron chi connectivity index (χ1n) is 8.18. The second kappa shape index (κ2) is 6.20. The number of carbonyl (C=O) groups is 1. The molecule has 4 rings (SSSR count). The highest BCUT2D eigenvalue weighted by Gasteiger charge is 2.26. The number of amides is 1. The van der Waals surface area contributed by atoms with Crippen LogP contribution in [0.4, 0.5) is 20.2 Å². The van der Waals surface area contributed by atoms with Crippen molar-refractivity contribution in [3.63, 3.8) is 0 Å². The van der Waals surface area contributed by atoms with Crippen molar-refractivity contribution in [3.8, 4) is 0 Å². The van der Waals surface area contributed by atoms with E-state index < -0.39 is 0 Å². The Morgan fingerprint density at radius 1 is 1.00 bits per heavy atom. The lowest BCUT2D eigenvalue weighted by molar-refractivity contribution is -0.110. The van der Waals surface area contributed by atoms with Crippen LogP contribution in [0.1, 0.15) is 5.56 Å². The summed E-state index contributed by atoms with van der Waals surface area (Å²) in [7, 11) is 0. The van der Waals surface area contributed by atoms with Crippen LogP contribution in [0, 0.1) is 11.6 Å². The van der Waals surface area contributed by atoms with Crippen molar-refractivity contribution in [3.05, 3.63) is 65.9 Å². The molecule has 1 N–H and O–H groups in total. The van der Waals surface area contributed by atoms with E-state index in [0.29, 0.717) is 48.7 Å². The maximum Gasteiger partial charge on any atom is 0.257 e. The van der Waals surface area contributed by atoms with E-state index in [0.717, 1.165) is 0 Å². The summed E-state index contributed by atoms with van der Waals surface area (Å²) in [5, 5.41) is 2.75. The number of benzene rings is 2. The molecule has 0 bridgehead atoms. The van der Waals surface area contributed by atoms with E-state index in [1.807, 2.05) is 15.9 Å². The number of hydrogen-bond acceptors (Lipinski definition) is 3. The zero-order valence-electron chi connectivity index (χ0n) is 13.5. The summed E-state index contributed by atoms with van der Waals surface area (Å²) in [6.45, 7) is 2.64. The zero-order valence-corrected chi connectivity index (χ0v) is 13.5. The van der Waals surface area contributed by atoms with Crippen molar-refractivity contribution in [2.24, 2.45) is 0 Å². The Balaban J connectivity index is 1.51. The predicted octanol–water partition coefficient (Wildman–Crippen LogP) is 3.08. The van der Waals surface area contributed by atoms with Crippen molar-refractivity contribution in [2.75, 3.05) is 36.4 Å². The standard InChI is InChI=1S/C19H17F2N3O/c20-13-5-6-17-14(11-13)15(19(25)22-17)12-23-7-9-24(10-8-23)18-4-2-1-3-16(18)21/h1-6,11-12H,7-10H2,(H,22,25)/b15-12+. The quantitative estimate of drug-likeness (QED) is 0.853. The molecular weight excluding hydrogens is 324 g/mol. The molecule has 0 aliphatic carbocycles. The molecule has 128 valence electrons. The number of hydrogen-bond donors (Lipinski definition) is 1. The maximum absolute atomic E-state index is 13.9. The van der Waals surface area contributed by atoms with Gasteiger partial charge < -0.3 is 15.1 Å². The molecule has 2 aliphatic rings.